The van der Waals surface area contributed by atoms with Crippen LogP contribution >= 0.6 is 11.6 Å². The molecule has 2 aromatic carbocycles. The molecule has 7 heteroatoms. The molecular weight excluding hydrogens is 368 g/mol. The van der Waals surface area contributed by atoms with Crippen LogP contribution in [-0.4, -0.2) is 20.3 Å². The van der Waals surface area contributed by atoms with Crippen molar-refractivity contribution in [1.82, 2.24) is 0 Å². The van der Waals surface area contributed by atoms with E-state index >= 15 is 0 Å². The van der Waals surface area contributed by atoms with Crippen molar-refractivity contribution >= 4 is 29.1 Å². The Bertz CT molecular complexity index is 806. The molecule has 2 rings (SSSR count). The fraction of sp³-hybridized carbons (Fsp3) is 0.150. The predicted octanol–water partition coefficient (Wildman–Crippen LogP) is 5.13. The number of nitrogens with one attached hydrogen (secondary N) is 1. The van der Waals surface area contributed by atoms with E-state index in [0.717, 1.165) is 16.3 Å². The first-order chi connectivity index (χ1) is 13.0. The van der Waals surface area contributed by atoms with Crippen molar-refractivity contribution in [2.24, 2.45) is 0 Å². The average Bonchev–Trinajstić information content (AvgIpc) is 2.69. The molecule has 0 saturated heterocycles. The maximum atomic E-state index is 11.8. The van der Waals surface area contributed by atoms with Gasteiger partial charge in [-0.15, -0.1) is 0 Å². The third-order valence-electron chi connectivity index (χ3n) is 3.51. The van der Waals surface area contributed by atoms with Crippen LogP contribution in [0.5, 0.6) is 0 Å². The number of hydroxylamine groups is 1. The molecule has 27 heavy (non-hydrogen) atoms. The number of rotatable bonds is 8. The summed E-state index contributed by atoms with van der Waals surface area (Å²) >= 11 is 5.85. The Kier molecular flexibility index (Phi) is 7.73. The van der Waals surface area contributed by atoms with Gasteiger partial charge in [-0.05, 0) is 36.4 Å². The summed E-state index contributed by atoms with van der Waals surface area (Å²) in [7, 11) is 2.67. The van der Waals surface area contributed by atoms with E-state index < -0.39 is 6.09 Å². The molecule has 6 nitrogen and oxygen atoms in total. The molecule has 0 aromatic heterocycles. The molecule has 0 bridgehead atoms. The third kappa shape index (κ3) is 6.06. The van der Waals surface area contributed by atoms with Crippen LogP contribution < -0.4 is 10.4 Å². The van der Waals surface area contributed by atoms with Gasteiger partial charge in [-0.3, -0.25) is 4.84 Å². The number of hydrogen-bond donors (Lipinski definition) is 1. The zero-order valence-corrected chi connectivity index (χ0v) is 15.9. The molecule has 1 amide bonds. The van der Waals surface area contributed by atoms with Gasteiger partial charge in [0.1, 0.15) is 12.4 Å². The Morgan fingerprint density at radius 1 is 1.19 bits per heavy atom. The molecule has 0 spiro atoms. The van der Waals surface area contributed by atoms with Gasteiger partial charge in [0.2, 0.25) is 0 Å². The minimum absolute atomic E-state index is 0.206. The Morgan fingerprint density at radius 2 is 1.89 bits per heavy atom. The second-order valence-corrected chi connectivity index (χ2v) is 5.75. The lowest BCUT2D eigenvalue weighted by Gasteiger charge is -2.21. The highest BCUT2D eigenvalue weighted by atomic mass is 35.5. The molecule has 1 N–H and O–H groups in total. The third-order valence-corrected chi connectivity index (χ3v) is 3.76. The van der Waals surface area contributed by atoms with Gasteiger partial charge in [-0.1, -0.05) is 36.4 Å². The van der Waals surface area contributed by atoms with Gasteiger partial charge in [0, 0.05) is 22.5 Å². The van der Waals surface area contributed by atoms with E-state index in [4.69, 9.17) is 25.9 Å². The van der Waals surface area contributed by atoms with E-state index in [1.165, 1.54) is 14.2 Å². The van der Waals surface area contributed by atoms with Crippen LogP contribution in [0.4, 0.5) is 16.2 Å². The molecule has 0 fully saturated rings. The van der Waals surface area contributed by atoms with Crippen LogP contribution in [0, 0.1) is 0 Å². The Balaban J connectivity index is 1.95. The van der Waals surface area contributed by atoms with Gasteiger partial charge < -0.3 is 14.8 Å². The number of ether oxygens (including phenoxy) is 2. The number of amides is 1. The van der Waals surface area contributed by atoms with E-state index in [1.54, 1.807) is 36.5 Å². The quantitative estimate of drug-likeness (QED) is 0.386. The summed E-state index contributed by atoms with van der Waals surface area (Å²) in [5.41, 5.74) is 2.16. The van der Waals surface area contributed by atoms with Gasteiger partial charge in [-0.2, -0.15) is 5.06 Å². The summed E-state index contributed by atoms with van der Waals surface area (Å²) in [5.74, 6) is 0.452. The van der Waals surface area contributed by atoms with Gasteiger partial charge >= 0.3 is 6.09 Å². The molecule has 0 aliphatic heterocycles. The number of methoxy groups -OCH3 is 1. The maximum Gasteiger partial charge on any atom is 0.438 e. The van der Waals surface area contributed by atoms with Crippen molar-refractivity contribution in [3.8, 4) is 0 Å². The molecule has 0 saturated carbocycles. The lowest BCUT2D eigenvalue weighted by atomic mass is 10.2. The van der Waals surface area contributed by atoms with Crippen molar-refractivity contribution in [3.63, 3.8) is 0 Å². The lowest BCUT2D eigenvalue weighted by molar-refractivity contribution is 0.114. The van der Waals surface area contributed by atoms with E-state index in [-0.39, 0.29) is 6.61 Å². The fourth-order valence-electron chi connectivity index (χ4n) is 2.18. The second-order valence-electron chi connectivity index (χ2n) is 5.32. The fourth-order valence-corrected chi connectivity index (χ4v) is 2.31. The van der Waals surface area contributed by atoms with Crippen molar-refractivity contribution in [2.45, 2.75) is 6.61 Å². The number of carbonyl (C=O) groups excluding carboxylic acids is 1. The molecule has 0 radical (unpaired) electrons. The first kappa shape index (κ1) is 20.4. The molecule has 0 unspecified atom stereocenters. The van der Waals surface area contributed by atoms with E-state index in [2.05, 4.69) is 11.9 Å². The highest BCUT2D eigenvalue weighted by molar-refractivity contribution is 6.30. The summed E-state index contributed by atoms with van der Waals surface area (Å²) in [6, 6.07) is 14.5. The first-order valence-corrected chi connectivity index (χ1v) is 8.43. The zero-order valence-electron chi connectivity index (χ0n) is 15.1. The van der Waals surface area contributed by atoms with Crippen LogP contribution in [0.2, 0.25) is 5.02 Å². The van der Waals surface area contributed by atoms with Crippen LogP contribution in [0.3, 0.4) is 0 Å². The van der Waals surface area contributed by atoms with Gasteiger partial charge in [0.05, 0.1) is 19.9 Å². The Morgan fingerprint density at radius 3 is 2.56 bits per heavy atom. The van der Waals surface area contributed by atoms with Crippen molar-refractivity contribution < 1.29 is 19.1 Å². The summed E-state index contributed by atoms with van der Waals surface area (Å²) in [6.45, 7) is 4.06. The average molecular weight is 389 g/mol. The zero-order chi connectivity index (χ0) is 19.6. The second kappa shape index (κ2) is 10.3. The number of hydrogen-bond acceptors (Lipinski definition) is 5. The summed E-state index contributed by atoms with van der Waals surface area (Å²) in [5, 5.41) is 4.82. The highest BCUT2D eigenvalue weighted by Crippen LogP contribution is 2.23. The maximum absolute atomic E-state index is 11.8. The van der Waals surface area contributed by atoms with Crippen LogP contribution in [0.15, 0.2) is 73.1 Å². The van der Waals surface area contributed by atoms with Crippen LogP contribution in [-0.2, 0) is 20.9 Å². The minimum atomic E-state index is -0.629. The summed E-state index contributed by atoms with van der Waals surface area (Å²) < 4.78 is 10.4. The van der Waals surface area contributed by atoms with Gasteiger partial charge in [-0.25, -0.2) is 4.79 Å². The largest absolute Gasteiger partial charge is 0.489 e. The number of carbonyl (C=O) groups is 1. The number of allylic oxidation sites excluding steroid dienone is 1. The van der Waals surface area contributed by atoms with E-state index in [9.17, 15) is 4.79 Å². The number of halogens is 1. The number of benzene rings is 2. The van der Waals surface area contributed by atoms with Crippen molar-refractivity contribution in [3.05, 3.63) is 83.7 Å². The number of para-hydroxylation sites is 1. The SMILES string of the molecule is C=C(/C=C\Nc1ccc(Cl)cc1)OCc1ccccc1N(OC)C(=O)OC. The standard InChI is InChI=1S/C20H21ClN2O4/c1-15(12-13-22-18-10-8-17(21)9-11-18)27-14-16-6-4-5-7-19(16)23(26-3)20(24)25-2/h4-13,22H,1,14H2,2-3H3/b13-12-. The van der Waals surface area contributed by atoms with Crippen LogP contribution in [0.1, 0.15) is 5.56 Å². The topological polar surface area (TPSA) is 60.0 Å². The predicted molar refractivity (Wildman–Crippen MR) is 106 cm³/mol. The molecule has 0 aliphatic carbocycles. The molecule has 0 atom stereocenters. The monoisotopic (exact) mass is 388 g/mol. The number of nitrogens with zero attached hydrogens (tertiary/aromatic N) is 1. The molecule has 0 heterocycles. The van der Waals surface area contributed by atoms with Gasteiger partial charge in [0.15, 0.2) is 0 Å². The number of anilines is 2. The van der Waals surface area contributed by atoms with Crippen LogP contribution in [0.25, 0.3) is 0 Å². The first-order valence-electron chi connectivity index (χ1n) is 8.05. The van der Waals surface area contributed by atoms with Crippen molar-refractivity contribution in [2.75, 3.05) is 24.6 Å². The van der Waals surface area contributed by atoms with Crippen molar-refractivity contribution in [1.29, 1.82) is 0 Å². The normalized spacial score (nSPS) is 10.5. The molecular formula is C20H21ClN2O4. The minimum Gasteiger partial charge on any atom is -0.489 e. The highest BCUT2D eigenvalue weighted by Gasteiger charge is 2.19. The molecule has 142 valence electrons. The summed E-state index contributed by atoms with van der Waals surface area (Å²) in [6.07, 6.45) is 2.79. The smallest absolute Gasteiger partial charge is 0.438 e. The summed E-state index contributed by atoms with van der Waals surface area (Å²) in [4.78, 5) is 16.9. The lowest BCUT2D eigenvalue weighted by Crippen LogP contribution is -2.30. The van der Waals surface area contributed by atoms with E-state index in [0.29, 0.717) is 16.5 Å². The Labute approximate surface area is 163 Å². The molecule has 0 aliphatic rings. The Hall–Kier alpha value is -2.96. The molecule has 2 aromatic rings. The van der Waals surface area contributed by atoms with Gasteiger partial charge in [0.25, 0.3) is 0 Å². The van der Waals surface area contributed by atoms with E-state index in [1.807, 2.05) is 24.3 Å².